The molecule has 1 N–H and O–H groups in total. The molecular formula is C13H17N3O. The standard InChI is InChI=1S/C13H17N3O/c1-13(5-3-7-17-10-13)16-9-11-4-2-6-15-12(11)8-14/h2,4,6,16H,3,5,7,9-10H2,1H3. The highest BCUT2D eigenvalue weighted by molar-refractivity contribution is 5.30. The van der Waals surface area contributed by atoms with Crippen molar-refractivity contribution in [3.63, 3.8) is 0 Å². The van der Waals surface area contributed by atoms with Gasteiger partial charge < -0.3 is 10.1 Å². The van der Waals surface area contributed by atoms with Crippen molar-refractivity contribution in [1.82, 2.24) is 10.3 Å². The molecule has 0 aliphatic carbocycles. The van der Waals surface area contributed by atoms with Crippen LogP contribution < -0.4 is 5.32 Å². The fourth-order valence-electron chi connectivity index (χ4n) is 2.06. The quantitative estimate of drug-likeness (QED) is 0.858. The zero-order chi connectivity index (χ0) is 12.1. The van der Waals surface area contributed by atoms with E-state index in [2.05, 4.69) is 23.3 Å². The Morgan fingerprint density at radius 2 is 2.53 bits per heavy atom. The molecule has 17 heavy (non-hydrogen) atoms. The summed E-state index contributed by atoms with van der Waals surface area (Å²) < 4.78 is 5.49. The molecule has 2 heterocycles. The molecule has 1 aromatic rings. The molecule has 1 atom stereocenters. The molecule has 1 unspecified atom stereocenters. The molecule has 1 saturated heterocycles. The van der Waals surface area contributed by atoms with Crippen molar-refractivity contribution in [3.05, 3.63) is 29.6 Å². The van der Waals surface area contributed by atoms with E-state index >= 15 is 0 Å². The third kappa shape index (κ3) is 3.02. The highest BCUT2D eigenvalue weighted by atomic mass is 16.5. The average Bonchev–Trinajstić information content (AvgIpc) is 2.38. The minimum absolute atomic E-state index is 0.0147. The predicted molar refractivity (Wildman–Crippen MR) is 64.2 cm³/mol. The lowest BCUT2D eigenvalue weighted by Gasteiger charge is -2.34. The Morgan fingerprint density at radius 1 is 1.65 bits per heavy atom. The smallest absolute Gasteiger partial charge is 0.144 e. The van der Waals surface area contributed by atoms with Crippen LogP contribution in [0.15, 0.2) is 18.3 Å². The van der Waals surface area contributed by atoms with Crippen LogP contribution in [0.1, 0.15) is 31.0 Å². The number of hydrogen-bond acceptors (Lipinski definition) is 4. The van der Waals surface area contributed by atoms with E-state index in [0.717, 1.165) is 31.6 Å². The molecule has 1 aromatic heterocycles. The first-order valence-corrected chi connectivity index (χ1v) is 5.90. The minimum Gasteiger partial charge on any atom is -0.380 e. The van der Waals surface area contributed by atoms with Crippen LogP contribution in [0.5, 0.6) is 0 Å². The second-order valence-corrected chi connectivity index (χ2v) is 4.69. The van der Waals surface area contributed by atoms with Gasteiger partial charge in [-0.2, -0.15) is 5.26 Å². The summed E-state index contributed by atoms with van der Waals surface area (Å²) in [5.74, 6) is 0. The van der Waals surface area contributed by atoms with Gasteiger partial charge in [0.25, 0.3) is 0 Å². The first kappa shape index (κ1) is 12.0. The lowest BCUT2D eigenvalue weighted by Crippen LogP contribution is -2.48. The normalized spacial score (nSPS) is 24.2. The third-order valence-electron chi connectivity index (χ3n) is 3.14. The molecule has 0 saturated carbocycles. The van der Waals surface area contributed by atoms with E-state index in [4.69, 9.17) is 10.00 Å². The van der Waals surface area contributed by atoms with Crippen molar-refractivity contribution in [2.45, 2.75) is 31.8 Å². The summed E-state index contributed by atoms with van der Waals surface area (Å²) in [6.07, 6.45) is 3.84. The van der Waals surface area contributed by atoms with E-state index in [-0.39, 0.29) is 5.54 Å². The Hall–Kier alpha value is -1.44. The van der Waals surface area contributed by atoms with Gasteiger partial charge in [0.1, 0.15) is 11.8 Å². The molecule has 0 amide bonds. The largest absolute Gasteiger partial charge is 0.380 e. The van der Waals surface area contributed by atoms with Gasteiger partial charge in [-0.15, -0.1) is 0 Å². The van der Waals surface area contributed by atoms with Crippen molar-refractivity contribution >= 4 is 0 Å². The van der Waals surface area contributed by atoms with Gasteiger partial charge in [0, 0.05) is 30.5 Å². The summed E-state index contributed by atoms with van der Waals surface area (Å²) in [6.45, 7) is 4.41. The highest BCUT2D eigenvalue weighted by Crippen LogP contribution is 2.19. The van der Waals surface area contributed by atoms with Crippen LogP contribution in [0.3, 0.4) is 0 Å². The maximum absolute atomic E-state index is 8.95. The molecule has 0 spiro atoms. The summed E-state index contributed by atoms with van der Waals surface area (Å²) in [6, 6.07) is 5.91. The monoisotopic (exact) mass is 231 g/mol. The van der Waals surface area contributed by atoms with Crippen molar-refractivity contribution in [2.75, 3.05) is 13.2 Å². The van der Waals surface area contributed by atoms with Crippen LogP contribution in [-0.2, 0) is 11.3 Å². The molecule has 4 heteroatoms. The number of nitrogens with zero attached hydrogens (tertiary/aromatic N) is 2. The number of nitriles is 1. The van der Waals surface area contributed by atoms with Gasteiger partial charge >= 0.3 is 0 Å². The molecule has 0 bridgehead atoms. The molecule has 2 rings (SSSR count). The molecule has 90 valence electrons. The van der Waals surface area contributed by atoms with Crippen molar-refractivity contribution < 1.29 is 4.74 Å². The van der Waals surface area contributed by atoms with Crippen LogP contribution in [0, 0.1) is 11.3 Å². The van der Waals surface area contributed by atoms with Crippen LogP contribution in [0.25, 0.3) is 0 Å². The molecule has 4 nitrogen and oxygen atoms in total. The molecule has 0 aromatic carbocycles. The zero-order valence-electron chi connectivity index (χ0n) is 10.1. The van der Waals surface area contributed by atoms with E-state index in [9.17, 15) is 0 Å². The van der Waals surface area contributed by atoms with Gasteiger partial charge in [-0.1, -0.05) is 6.07 Å². The highest BCUT2D eigenvalue weighted by Gasteiger charge is 2.26. The van der Waals surface area contributed by atoms with Crippen molar-refractivity contribution in [2.24, 2.45) is 0 Å². The Bertz CT molecular complexity index is 419. The van der Waals surface area contributed by atoms with E-state index in [1.807, 2.05) is 12.1 Å². The van der Waals surface area contributed by atoms with E-state index < -0.39 is 0 Å². The van der Waals surface area contributed by atoms with E-state index in [1.165, 1.54) is 0 Å². The SMILES string of the molecule is CC1(NCc2cccnc2C#N)CCCOC1. The summed E-state index contributed by atoms with van der Waals surface area (Å²) in [7, 11) is 0. The third-order valence-corrected chi connectivity index (χ3v) is 3.14. The van der Waals surface area contributed by atoms with Gasteiger partial charge in [-0.05, 0) is 25.8 Å². The van der Waals surface area contributed by atoms with E-state index in [1.54, 1.807) is 6.20 Å². The summed E-state index contributed by atoms with van der Waals surface area (Å²) >= 11 is 0. The van der Waals surface area contributed by atoms with Gasteiger partial charge in [-0.25, -0.2) is 4.98 Å². The number of hydrogen-bond donors (Lipinski definition) is 1. The van der Waals surface area contributed by atoms with Crippen LogP contribution in [-0.4, -0.2) is 23.7 Å². The number of aromatic nitrogens is 1. The predicted octanol–water partition coefficient (Wildman–Crippen LogP) is 1.61. The van der Waals surface area contributed by atoms with Crippen LogP contribution >= 0.6 is 0 Å². The van der Waals surface area contributed by atoms with Gasteiger partial charge in [0.05, 0.1) is 6.61 Å². The number of nitrogens with one attached hydrogen (secondary N) is 1. The maximum atomic E-state index is 8.95. The first-order valence-electron chi connectivity index (χ1n) is 5.90. The van der Waals surface area contributed by atoms with E-state index in [0.29, 0.717) is 12.2 Å². The van der Waals surface area contributed by atoms with Gasteiger partial charge in [-0.3, -0.25) is 0 Å². The van der Waals surface area contributed by atoms with Crippen LogP contribution in [0.4, 0.5) is 0 Å². The second-order valence-electron chi connectivity index (χ2n) is 4.69. The zero-order valence-corrected chi connectivity index (χ0v) is 10.1. The second kappa shape index (κ2) is 5.26. The number of ether oxygens (including phenoxy) is 1. The number of pyridine rings is 1. The Balaban J connectivity index is 2.00. The first-order chi connectivity index (χ1) is 8.23. The Labute approximate surface area is 102 Å². The maximum Gasteiger partial charge on any atom is 0.144 e. The summed E-state index contributed by atoms with van der Waals surface area (Å²) in [5.41, 5.74) is 1.46. The van der Waals surface area contributed by atoms with Crippen molar-refractivity contribution in [3.8, 4) is 6.07 Å². The van der Waals surface area contributed by atoms with Gasteiger partial charge in [0.15, 0.2) is 0 Å². The molecular weight excluding hydrogens is 214 g/mol. The Kier molecular flexibility index (Phi) is 3.72. The lowest BCUT2D eigenvalue weighted by molar-refractivity contribution is 0.0277. The summed E-state index contributed by atoms with van der Waals surface area (Å²) in [5, 5.41) is 12.4. The Morgan fingerprint density at radius 3 is 3.24 bits per heavy atom. The van der Waals surface area contributed by atoms with Crippen molar-refractivity contribution in [1.29, 1.82) is 5.26 Å². The topological polar surface area (TPSA) is 57.9 Å². The fraction of sp³-hybridized carbons (Fsp3) is 0.538. The molecule has 1 aliphatic rings. The molecule has 1 fully saturated rings. The minimum atomic E-state index is 0.0147. The fourth-order valence-corrected chi connectivity index (χ4v) is 2.06. The number of rotatable bonds is 3. The lowest BCUT2D eigenvalue weighted by atomic mass is 9.94. The average molecular weight is 231 g/mol. The molecule has 0 radical (unpaired) electrons. The summed E-state index contributed by atoms with van der Waals surface area (Å²) in [4.78, 5) is 4.05. The van der Waals surface area contributed by atoms with Crippen LogP contribution in [0.2, 0.25) is 0 Å². The van der Waals surface area contributed by atoms with Gasteiger partial charge in [0.2, 0.25) is 0 Å². The molecule has 1 aliphatic heterocycles.